The van der Waals surface area contributed by atoms with E-state index in [-0.39, 0.29) is 5.82 Å². The molecular weight excluding hydrogens is 203 g/mol. The summed E-state index contributed by atoms with van der Waals surface area (Å²) in [7, 11) is 0. The SMILES string of the molecule is CC1CNCC1N1CCc2ccc(F)cc21. The maximum Gasteiger partial charge on any atom is 0.125 e. The van der Waals surface area contributed by atoms with E-state index in [2.05, 4.69) is 17.1 Å². The third-order valence-electron chi connectivity index (χ3n) is 3.86. The van der Waals surface area contributed by atoms with Gasteiger partial charge in [0.25, 0.3) is 0 Å². The topological polar surface area (TPSA) is 15.3 Å². The van der Waals surface area contributed by atoms with Gasteiger partial charge in [-0.05, 0) is 36.6 Å². The summed E-state index contributed by atoms with van der Waals surface area (Å²) in [6, 6.07) is 5.71. The average Bonchev–Trinajstić information content (AvgIpc) is 2.83. The van der Waals surface area contributed by atoms with Crippen molar-refractivity contribution >= 4 is 5.69 Å². The summed E-state index contributed by atoms with van der Waals surface area (Å²) in [5.41, 5.74) is 2.40. The third-order valence-corrected chi connectivity index (χ3v) is 3.86. The molecule has 0 aromatic heterocycles. The monoisotopic (exact) mass is 220 g/mol. The van der Waals surface area contributed by atoms with Crippen LogP contribution in [0.5, 0.6) is 0 Å². The molecule has 2 unspecified atom stereocenters. The van der Waals surface area contributed by atoms with Crippen molar-refractivity contribution in [1.82, 2.24) is 5.32 Å². The fraction of sp³-hybridized carbons (Fsp3) is 0.538. The van der Waals surface area contributed by atoms with Gasteiger partial charge >= 0.3 is 0 Å². The smallest absolute Gasteiger partial charge is 0.125 e. The highest BCUT2D eigenvalue weighted by molar-refractivity contribution is 5.59. The van der Waals surface area contributed by atoms with Gasteiger partial charge in [-0.3, -0.25) is 0 Å². The van der Waals surface area contributed by atoms with Crippen molar-refractivity contribution < 1.29 is 4.39 Å². The van der Waals surface area contributed by atoms with Gasteiger partial charge in [-0.1, -0.05) is 13.0 Å². The Kier molecular flexibility index (Phi) is 2.36. The Bertz CT molecular complexity index is 405. The lowest BCUT2D eigenvalue weighted by Gasteiger charge is -2.29. The predicted molar refractivity (Wildman–Crippen MR) is 63.3 cm³/mol. The summed E-state index contributed by atoms with van der Waals surface area (Å²) in [6.07, 6.45) is 1.05. The minimum absolute atomic E-state index is 0.121. The molecule has 1 aromatic carbocycles. The van der Waals surface area contributed by atoms with Gasteiger partial charge in [0, 0.05) is 24.8 Å². The summed E-state index contributed by atoms with van der Waals surface area (Å²) in [5, 5.41) is 3.41. The Morgan fingerprint density at radius 3 is 3.00 bits per heavy atom. The average molecular weight is 220 g/mol. The Morgan fingerprint density at radius 1 is 1.38 bits per heavy atom. The van der Waals surface area contributed by atoms with Crippen LogP contribution in [0.2, 0.25) is 0 Å². The maximum atomic E-state index is 13.3. The van der Waals surface area contributed by atoms with Gasteiger partial charge in [-0.25, -0.2) is 4.39 Å². The van der Waals surface area contributed by atoms with E-state index in [1.54, 1.807) is 12.1 Å². The molecule has 0 amide bonds. The molecule has 0 radical (unpaired) electrons. The molecule has 0 spiro atoms. The number of benzene rings is 1. The minimum atomic E-state index is -0.121. The summed E-state index contributed by atoms with van der Waals surface area (Å²) in [6.45, 7) is 5.40. The standard InChI is InChI=1S/C13H17FN2/c1-9-7-15-8-13(9)16-5-4-10-2-3-11(14)6-12(10)16/h2-3,6,9,13,15H,4-5,7-8H2,1H3. The van der Waals surface area contributed by atoms with E-state index in [0.29, 0.717) is 12.0 Å². The lowest BCUT2D eigenvalue weighted by molar-refractivity contribution is 0.524. The molecule has 16 heavy (non-hydrogen) atoms. The fourth-order valence-corrected chi connectivity index (χ4v) is 2.94. The van der Waals surface area contributed by atoms with Crippen molar-refractivity contribution in [3.8, 4) is 0 Å². The molecule has 1 aromatic rings. The highest BCUT2D eigenvalue weighted by atomic mass is 19.1. The van der Waals surface area contributed by atoms with Crippen LogP contribution in [0.25, 0.3) is 0 Å². The van der Waals surface area contributed by atoms with Crippen LogP contribution in [-0.2, 0) is 6.42 Å². The van der Waals surface area contributed by atoms with E-state index in [0.717, 1.165) is 31.7 Å². The Balaban J connectivity index is 1.93. The molecule has 2 aliphatic rings. The van der Waals surface area contributed by atoms with E-state index in [9.17, 15) is 4.39 Å². The highest BCUT2D eigenvalue weighted by Crippen LogP contribution is 2.32. The molecule has 86 valence electrons. The van der Waals surface area contributed by atoms with Gasteiger partial charge in [0.1, 0.15) is 5.82 Å². The van der Waals surface area contributed by atoms with Crippen molar-refractivity contribution in [3.05, 3.63) is 29.6 Å². The number of nitrogens with zero attached hydrogens (tertiary/aromatic N) is 1. The van der Waals surface area contributed by atoms with Crippen LogP contribution in [0.3, 0.4) is 0 Å². The number of hydrogen-bond acceptors (Lipinski definition) is 2. The molecule has 2 atom stereocenters. The van der Waals surface area contributed by atoms with Crippen LogP contribution < -0.4 is 10.2 Å². The first-order valence-corrected chi connectivity index (χ1v) is 6.01. The summed E-state index contributed by atoms with van der Waals surface area (Å²) >= 11 is 0. The Morgan fingerprint density at radius 2 is 2.25 bits per heavy atom. The molecule has 0 bridgehead atoms. The minimum Gasteiger partial charge on any atom is -0.366 e. The molecule has 1 N–H and O–H groups in total. The van der Waals surface area contributed by atoms with E-state index in [1.807, 2.05) is 6.07 Å². The van der Waals surface area contributed by atoms with Crippen LogP contribution >= 0.6 is 0 Å². The number of nitrogens with one attached hydrogen (secondary N) is 1. The molecule has 3 heteroatoms. The molecule has 1 fully saturated rings. The second-order valence-electron chi connectivity index (χ2n) is 4.92. The quantitative estimate of drug-likeness (QED) is 0.776. The molecule has 1 saturated heterocycles. The molecule has 0 aliphatic carbocycles. The largest absolute Gasteiger partial charge is 0.366 e. The highest BCUT2D eigenvalue weighted by Gasteiger charge is 2.32. The van der Waals surface area contributed by atoms with Gasteiger partial charge in [0.05, 0.1) is 0 Å². The predicted octanol–water partition coefficient (Wildman–Crippen LogP) is 1.80. The lowest BCUT2D eigenvalue weighted by Crippen LogP contribution is -2.38. The van der Waals surface area contributed by atoms with Crippen molar-refractivity contribution in [2.24, 2.45) is 5.92 Å². The van der Waals surface area contributed by atoms with Crippen LogP contribution in [0.15, 0.2) is 18.2 Å². The number of halogens is 1. The molecule has 2 heterocycles. The van der Waals surface area contributed by atoms with Crippen LogP contribution in [-0.4, -0.2) is 25.7 Å². The van der Waals surface area contributed by atoms with Crippen molar-refractivity contribution in [1.29, 1.82) is 0 Å². The van der Waals surface area contributed by atoms with Gasteiger partial charge < -0.3 is 10.2 Å². The van der Waals surface area contributed by atoms with Gasteiger partial charge in [0.15, 0.2) is 0 Å². The third kappa shape index (κ3) is 1.50. The second kappa shape index (κ2) is 3.74. The summed E-state index contributed by atoms with van der Waals surface area (Å²) in [4.78, 5) is 2.38. The van der Waals surface area contributed by atoms with Gasteiger partial charge in [-0.15, -0.1) is 0 Å². The zero-order valence-electron chi connectivity index (χ0n) is 9.54. The van der Waals surface area contributed by atoms with Crippen LogP contribution in [0.1, 0.15) is 12.5 Å². The summed E-state index contributed by atoms with van der Waals surface area (Å²) in [5.74, 6) is 0.526. The van der Waals surface area contributed by atoms with Crippen LogP contribution in [0, 0.1) is 11.7 Å². The number of fused-ring (bicyclic) bond motifs is 1. The number of anilines is 1. The maximum absolute atomic E-state index is 13.3. The Hall–Kier alpha value is -1.09. The molecule has 2 nitrogen and oxygen atoms in total. The first-order chi connectivity index (χ1) is 7.75. The van der Waals surface area contributed by atoms with Crippen LogP contribution in [0.4, 0.5) is 10.1 Å². The van der Waals surface area contributed by atoms with E-state index in [4.69, 9.17) is 0 Å². The lowest BCUT2D eigenvalue weighted by atomic mass is 10.0. The zero-order valence-corrected chi connectivity index (χ0v) is 9.54. The first kappa shape index (κ1) is 10.1. The molecule has 0 saturated carbocycles. The van der Waals surface area contributed by atoms with E-state index < -0.39 is 0 Å². The van der Waals surface area contributed by atoms with Crippen molar-refractivity contribution in [2.45, 2.75) is 19.4 Å². The normalized spacial score (nSPS) is 28.5. The fourth-order valence-electron chi connectivity index (χ4n) is 2.94. The summed E-state index contributed by atoms with van der Waals surface area (Å²) < 4.78 is 13.3. The van der Waals surface area contributed by atoms with E-state index in [1.165, 1.54) is 5.56 Å². The molecule has 2 aliphatic heterocycles. The number of hydrogen-bond donors (Lipinski definition) is 1. The van der Waals surface area contributed by atoms with Crippen molar-refractivity contribution in [2.75, 3.05) is 24.5 Å². The molecule has 3 rings (SSSR count). The van der Waals surface area contributed by atoms with E-state index >= 15 is 0 Å². The second-order valence-corrected chi connectivity index (χ2v) is 4.92. The van der Waals surface area contributed by atoms with Gasteiger partial charge in [-0.2, -0.15) is 0 Å². The van der Waals surface area contributed by atoms with Gasteiger partial charge in [0.2, 0.25) is 0 Å². The Labute approximate surface area is 95.4 Å². The van der Waals surface area contributed by atoms with Crippen molar-refractivity contribution in [3.63, 3.8) is 0 Å². The molecular formula is C13H17FN2. The number of rotatable bonds is 1. The first-order valence-electron chi connectivity index (χ1n) is 6.01. The zero-order chi connectivity index (χ0) is 11.1.